The van der Waals surface area contributed by atoms with Gasteiger partial charge in [-0.3, -0.25) is 0 Å². The highest BCUT2D eigenvalue weighted by Crippen LogP contribution is 2.06. The number of halogens is 1. The van der Waals surface area contributed by atoms with Crippen LogP contribution in [0.3, 0.4) is 0 Å². The topological polar surface area (TPSA) is 126 Å². The summed E-state index contributed by atoms with van der Waals surface area (Å²) >= 11 is 5.54. The Morgan fingerprint density at radius 1 is 1.53 bits per heavy atom. The summed E-state index contributed by atoms with van der Waals surface area (Å²) in [7, 11) is -2.20. The Morgan fingerprint density at radius 2 is 1.93 bits per heavy atom. The minimum Gasteiger partial charge on any atom is -0.748 e. The lowest BCUT2D eigenvalue weighted by Gasteiger charge is -1.98. The van der Waals surface area contributed by atoms with Crippen molar-refractivity contribution in [3.05, 3.63) is 11.2 Å². The van der Waals surface area contributed by atoms with Crippen molar-refractivity contribution < 1.29 is 17.5 Å². The molecule has 1 rings (SSSR count). The van der Waals surface area contributed by atoms with Crippen LogP contribution < -0.4 is 16.0 Å². The minimum atomic E-state index is -3.92. The zero-order valence-corrected chi connectivity index (χ0v) is 9.71. The summed E-state index contributed by atoms with van der Waals surface area (Å²) in [5, 5.41) is 0.313. The summed E-state index contributed by atoms with van der Waals surface area (Å²) in [4.78, 5) is 3.76. The summed E-state index contributed by atoms with van der Waals surface area (Å²) in [5.41, 5.74) is 10.9. The average Bonchev–Trinajstić information content (AvgIpc) is 1.96. The maximum atomic E-state index is 9.08. The number of nitrogens with two attached hydrogens (primary N) is 2. The van der Waals surface area contributed by atoms with Crippen LogP contribution in [0, 0.1) is 0 Å². The molecular weight excluding hydrogens is 244 g/mol. The van der Waals surface area contributed by atoms with Gasteiger partial charge in [0, 0.05) is 6.26 Å². The Labute approximate surface area is 92.4 Å². The van der Waals surface area contributed by atoms with E-state index in [9.17, 15) is 0 Å². The first-order valence-corrected chi connectivity index (χ1v) is 5.79. The van der Waals surface area contributed by atoms with Gasteiger partial charge in [0.05, 0.1) is 23.2 Å². The fraction of sp³-hybridized carbons (Fsp3) is 0.333. The summed E-state index contributed by atoms with van der Waals surface area (Å²) < 4.78 is 28.8. The number of hydrogen-bond donors (Lipinski definition) is 2. The highest BCUT2D eigenvalue weighted by molar-refractivity contribution is 7.84. The van der Waals surface area contributed by atoms with Gasteiger partial charge in [0.25, 0.3) is 0 Å². The van der Waals surface area contributed by atoms with E-state index in [4.69, 9.17) is 36.0 Å². The molecule has 0 spiro atoms. The predicted octanol–water partition coefficient (Wildman–Crippen LogP) is -1.11. The zero-order chi connectivity index (χ0) is 12.2. The molecule has 0 saturated carbocycles. The van der Waals surface area contributed by atoms with Gasteiger partial charge >= 0.3 is 5.95 Å². The van der Waals surface area contributed by atoms with E-state index in [1.165, 1.54) is 6.07 Å². The van der Waals surface area contributed by atoms with Crippen LogP contribution in [-0.2, 0) is 17.2 Å². The van der Waals surface area contributed by atoms with Gasteiger partial charge < -0.3 is 16.0 Å². The quantitative estimate of drug-likeness (QED) is 0.343. The van der Waals surface area contributed by atoms with Crippen LogP contribution in [0.1, 0.15) is 0 Å². The first-order chi connectivity index (χ1) is 6.61. The van der Waals surface area contributed by atoms with Gasteiger partial charge in [0.1, 0.15) is 0 Å². The zero-order valence-electron chi connectivity index (χ0n) is 8.14. The van der Waals surface area contributed by atoms with Crippen LogP contribution in [0.15, 0.2) is 6.07 Å². The monoisotopic (exact) mass is 254 g/mol. The fourth-order valence-electron chi connectivity index (χ4n) is 0.568. The summed E-state index contributed by atoms with van der Waals surface area (Å²) in [6, 6.07) is 1.54. The molecule has 0 aliphatic heterocycles. The lowest BCUT2D eigenvalue weighted by Crippen LogP contribution is -2.36. The molecule has 7 nitrogen and oxygen atoms in total. The third kappa shape index (κ3) is 6.89. The molecule has 0 saturated heterocycles. The minimum absolute atomic E-state index is 0.310. The number of nitrogens with zero attached hydrogens (tertiary/aromatic N) is 2. The number of hydrogen-bond acceptors (Lipinski definition) is 6. The maximum Gasteiger partial charge on any atom is 0.346 e. The van der Waals surface area contributed by atoms with Crippen molar-refractivity contribution in [2.45, 2.75) is 0 Å². The van der Waals surface area contributed by atoms with Gasteiger partial charge in [-0.1, -0.05) is 4.98 Å². The standard InChI is InChI=1S/C5H7ClN4.CH4O3S/c1-10-4(7)2-3(6)9-5(10)8;1-5(2,3)4/h2H,1H3,(H3,7,8,9);1H3,(H,2,3,4). The smallest absolute Gasteiger partial charge is 0.346 e. The van der Waals surface area contributed by atoms with E-state index in [-0.39, 0.29) is 0 Å². The van der Waals surface area contributed by atoms with Crippen molar-refractivity contribution in [1.82, 2.24) is 4.98 Å². The molecule has 1 aromatic rings. The second-order valence-electron chi connectivity index (χ2n) is 2.63. The van der Waals surface area contributed by atoms with E-state index in [1.54, 1.807) is 11.6 Å². The van der Waals surface area contributed by atoms with Crippen LogP contribution in [0.2, 0.25) is 5.15 Å². The lowest BCUT2D eigenvalue weighted by molar-refractivity contribution is -0.644. The first kappa shape index (κ1) is 13.9. The second kappa shape index (κ2) is 5.10. The fourth-order valence-corrected chi connectivity index (χ4v) is 0.766. The van der Waals surface area contributed by atoms with E-state index < -0.39 is 10.1 Å². The van der Waals surface area contributed by atoms with E-state index in [0.29, 0.717) is 23.2 Å². The van der Waals surface area contributed by atoms with Gasteiger partial charge in [0.15, 0.2) is 11.0 Å². The number of anilines is 2. The van der Waals surface area contributed by atoms with Crippen molar-refractivity contribution in [1.29, 1.82) is 0 Å². The van der Waals surface area contributed by atoms with Crippen molar-refractivity contribution in [3.63, 3.8) is 0 Å². The first-order valence-electron chi connectivity index (χ1n) is 3.59. The Hall–Kier alpha value is -1.12. The Bertz CT molecular complexity index is 417. The third-order valence-electron chi connectivity index (χ3n) is 1.22. The molecule has 86 valence electrons. The average molecular weight is 255 g/mol. The van der Waals surface area contributed by atoms with Crippen LogP contribution in [-0.4, -0.2) is 24.2 Å². The Morgan fingerprint density at radius 3 is 2.27 bits per heavy atom. The van der Waals surface area contributed by atoms with Crippen LogP contribution in [0.5, 0.6) is 0 Å². The van der Waals surface area contributed by atoms with Gasteiger partial charge in [-0.25, -0.2) is 13.0 Å². The van der Waals surface area contributed by atoms with Crippen molar-refractivity contribution in [2.24, 2.45) is 7.05 Å². The van der Waals surface area contributed by atoms with Gasteiger partial charge in [-0.05, 0) is 11.6 Å². The molecule has 0 radical (unpaired) electrons. The van der Waals surface area contributed by atoms with Crippen LogP contribution >= 0.6 is 11.6 Å². The molecule has 15 heavy (non-hydrogen) atoms. The molecule has 1 heterocycles. The molecule has 0 amide bonds. The third-order valence-corrected chi connectivity index (χ3v) is 1.41. The van der Waals surface area contributed by atoms with Gasteiger partial charge in [0.2, 0.25) is 0 Å². The lowest BCUT2D eigenvalue weighted by atomic mass is 10.6. The van der Waals surface area contributed by atoms with E-state index in [1.807, 2.05) is 0 Å². The van der Waals surface area contributed by atoms with Crippen LogP contribution in [0.4, 0.5) is 11.8 Å². The molecule has 1 aromatic heterocycles. The van der Waals surface area contributed by atoms with Crippen molar-refractivity contribution in [3.8, 4) is 0 Å². The molecule has 4 N–H and O–H groups in total. The summed E-state index contributed by atoms with van der Waals surface area (Å²) in [5.74, 6) is 0.808. The number of rotatable bonds is 0. The van der Waals surface area contributed by atoms with Gasteiger partial charge in [-0.15, -0.1) is 0 Å². The highest BCUT2D eigenvalue weighted by Gasteiger charge is 2.06. The molecule has 9 heteroatoms. The molecule has 0 atom stereocenters. The van der Waals surface area contributed by atoms with Crippen LogP contribution in [0.25, 0.3) is 0 Å². The van der Waals surface area contributed by atoms with E-state index >= 15 is 0 Å². The number of aromatic nitrogens is 2. The SMILES string of the molecule is CS(=O)(=O)[O-].C[n+]1c(N)cc(Cl)nc1N. The second-order valence-corrected chi connectivity index (χ2v) is 4.42. The summed E-state index contributed by atoms with van der Waals surface area (Å²) in [6.07, 6.45) is 0.604. The van der Waals surface area contributed by atoms with E-state index in [2.05, 4.69) is 4.98 Å². The van der Waals surface area contributed by atoms with E-state index in [0.717, 1.165) is 0 Å². The number of nitrogen functional groups attached to an aromatic ring is 2. The normalized spacial score (nSPS) is 10.4. The largest absolute Gasteiger partial charge is 0.748 e. The molecule has 0 aromatic carbocycles. The Kier molecular flexibility index (Phi) is 4.72. The van der Waals surface area contributed by atoms with Crippen molar-refractivity contribution >= 4 is 33.5 Å². The maximum absolute atomic E-state index is 9.08. The molecule has 0 unspecified atom stereocenters. The highest BCUT2D eigenvalue weighted by atomic mass is 35.5. The van der Waals surface area contributed by atoms with Gasteiger partial charge in [-0.2, -0.15) is 0 Å². The Balaban J connectivity index is 0.000000336. The molecular formula is C6H11ClN4O3S. The molecule has 0 bridgehead atoms. The molecule has 0 aliphatic carbocycles. The van der Waals surface area contributed by atoms with Crippen molar-refractivity contribution in [2.75, 3.05) is 17.7 Å². The summed E-state index contributed by atoms with van der Waals surface area (Å²) in [6.45, 7) is 0. The predicted molar refractivity (Wildman–Crippen MR) is 54.9 cm³/mol. The molecule has 0 fully saturated rings. The molecule has 0 aliphatic rings.